The number of hydrogen-bond donors (Lipinski definition) is 2. The number of halogens is 1. The van der Waals surface area contributed by atoms with Gasteiger partial charge < -0.3 is 10.6 Å². The third kappa shape index (κ3) is 5.33. The largest absolute Gasteiger partial charge is 0.349 e. The number of hydrogen-bond acceptors (Lipinski definition) is 2. The third-order valence-corrected chi connectivity index (χ3v) is 5.99. The molecule has 158 valence electrons. The van der Waals surface area contributed by atoms with Crippen LogP contribution in [0.5, 0.6) is 0 Å². The molecular formula is C26H25ClN2O2. The number of carbonyl (C=O) groups is 2. The van der Waals surface area contributed by atoms with Gasteiger partial charge in [-0.25, -0.2) is 0 Å². The van der Waals surface area contributed by atoms with Gasteiger partial charge in [0.05, 0.1) is 10.6 Å². The lowest BCUT2D eigenvalue weighted by Gasteiger charge is -2.23. The number of carbonyl (C=O) groups excluding carboxylic acids is 2. The van der Waals surface area contributed by atoms with Gasteiger partial charge in [0.15, 0.2) is 0 Å². The Hall–Kier alpha value is -3.11. The number of benzene rings is 3. The summed E-state index contributed by atoms with van der Waals surface area (Å²) in [6.07, 6.45) is 5.49. The smallest absolute Gasteiger partial charge is 0.255 e. The molecule has 0 aliphatic heterocycles. The van der Waals surface area contributed by atoms with E-state index in [0.29, 0.717) is 21.8 Å². The van der Waals surface area contributed by atoms with Crippen molar-refractivity contribution in [2.75, 3.05) is 5.32 Å². The highest BCUT2D eigenvalue weighted by molar-refractivity contribution is 6.34. The first-order valence-corrected chi connectivity index (χ1v) is 11.1. The van der Waals surface area contributed by atoms with Gasteiger partial charge in [0.1, 0.15) is 0 Å². The van der Waals surface area contributed by atoms with Crippen LogP contribution >= 0.6 is 11.6 Å². The zero-order valence-corrected chi connectivity index (χ0v) is 18.0. The van der Waals surface area contributed by atoms with E-state index in [0.717, 1.165) is 36.8 Å². The highest BCUT2D eigenvalue weighted by Crippen LogP contribution is 2.24. The SMILES string of the molecule is O=C(Nc1ccc(Cl)c(C(=O)NC2CCCCC2)c1)c1ccc(-c2ccccc2)cc1. The molecule has 4 rings (SSSR count). The van der Waals surface area contributed by atoms with Crippen molar-refractivity contribution in [3.8, 4) is 11.1 Å². The number of amides is 2. The molecule has 3 aromatic rings. The molecule has 0 aromatic heterocycles. The summed E-state index contributed by atoms with van der Waals surface area (Å²) in [7, 11) is 0. The van der Waals surface area contributed by atoms with Gasteiger partial charge >= 0.3 is 0 Å². The molecule has 3 aromatic carbocycles. The molecule has 1 saturated carbocycles. The molecule has 0 bridgehead atoms. The molecule has 1 aliphatic rings. The summed E-state index contributed by atoms with van der Waals surface area (Å²) in [4.78, 5) is 25.4. The molecule has 5 heteroatoms. The minimum absolute atomic E-state index is 0.193. The quantitative estimate of drug-likeness (QED) is 0.495. The Morgan fingerprint density at radius 3 is 2.16 bits per heavy atom. The summed E-state index contributed by atoms with van der Waals surface area (Å²) in [6, 6.07) is 22.6. The average Bonchev–Trinajstić information content (AvgIpc) is 2.81. The molecule has 2 N–H and O–H groups in total. The molecule has 0 atom stereocenters. The van der Waals surface area contributed by atoms with Crippen LogP contribution in [0.1, 0.15) is 52.8 Å². The first-order chi connectivity index (χ1) is 15.1. The molecule has 2 amide bonds. The van der Waals surface area contributed by atoms with E-state index in [9.17, 15) is 9.59 Å². The van der Waals surface area contributed by atoms with Crippen LogP contribution < -0.4 is 10.6 Å². The van der Waals surface area contributed by atoms with Gasteiger partial charge in [-0.05, 0) is 54.3 Å². The second kappa shape index (κ2) is 9.80. The molecular weight excluding hydrogens is 408 g/mol. The van der Waals surface area contributed by atoms with E-state index in [1.165, 1.54) is 6.42 Å². The molecule has 0 heterocycles. The van der Waals surface area contributed by atoms with Gasteiger partial charge in [-0.15, -0.1) is 0 Å². The summed E-state index contributed by atoms with van der Waals surface area (Å²) in [5, 5.41) is 6.31. The molecule has 4 nitrogen and oxygen atoms in total. The van der Waals surface area contributed by atoms with Crippen LogP contribution in [0.2, 0.25) is 5.02 Å². The Morgan fingerprint density at radius 1 is 0.774 bits per heavy atom. The van der Waals surface area contributed by atoms with Crippen LogP contribution in [0.15, 0.2) is 72.8 Å². The first kappa shape index (κ1) is 21.1. The van der Waals surface area contributed by atoms with Crippen molar-refractivity contribution in [1.82, 2.24) is 5.32 Å². The van der Waals surface area contributed by atoms with Crippen molar-refractivity contribution in [3.63, 3.8) is 0 Å². The van der Waals surface area contributed by atoms with Crippen LogP contribution in [0.25, 0.3) is 11.1 Å². The summed E-state index contributed by atoms with van der Waals surface area (Å²) in [6.45, 7) is 0. The maximum atomic E-state index is 12.7. The van der Waals surface area contributed by atoms with Gasteiger partial charge in [-0.3, -0.25) is 9.59 Å². The standard InChI is InChI=1S/C26H25ClN2O2/c27-24-16-15-22(17-23(24)26(31)28-21-9-5-2-6-10-21)29-25(30)20-13-11-19(12-14-20)18-7-3-1-4-8-18/h1,3-4,7-8,11-17,21H,2,5-6,9-10H2,(H,28,31)(H,29,30). The van der Waals surface area contributed by atoms with E-state index in [1.54, 1.807) is 30.3 Å². The predicted molar refractivity (Wildman–Crippen MR) is 126 cm³/mol. The molecule has 0 radical (unpaired) electrons. The van der Waals surface area contributed by atoms with Crippen molar-refractivity contribution < 1.29 is 9.59 Å². The second-order valence-electron chi connectivity index (χ2n) is 7.90. The monoisotopic (exact) mass is 432 g/mol. The van der Waals surface area contributed by atoms with E-state index in [4.69, 9.17) is 11.6 Å². The fourth-order valence-corrected chi connectivity index (χ4v) is 4.14. The lowest BCUT2D eigenvalue weighted by atomic mass is 9.95. The van der Waals surface area contributed by atoms with Crippen LogP contribution in [0, 0.1) is 0 Å². The normalized spacial score (nSPS) is 14.1. The van der Waals surface area contributed by atoms with Gasteiger partial charge in [-0.1, -0.05) is 73.3 Å². The van der Waals surface area contributed by atoms with Gasteiger partial charge in [0.2, 0.25) is 0 Å². The zero-order chi connectivity index (χ0) is 21.6. The van der Waals surface area contributed by atoms with E-state index in [1.807, 2.05) is 42.5 Å². The lowest BCUT2D eigenvalue weighted by molar-refractivity contribution is 0.0926. The maximum absolute atomic E-state index is 12.7. The molecule has 0 unspecified atom stereocenters. The molecule has 31 heavy (non-hydrogen) atoms. The van der Waals surface area contributed by atoms with Crippen LogP contribution in [0.4, 0.5) is 5.69 Å². The van der Waals surface area contributed by atoms with E-state index in [-0.39, 0.29) is 17.9 Å². The Balaban J connectivity index is 1.44. The fraction of sp³-hybridized carbons (Fsp3) is 0.231. The number of anilines is 1. The van der Waals surface area contributed by atoms with Crippen molar-refractivity contribution in [3.05, 3.63) is 88.9 Å². The van der Waals surface area contributed by atoms with E-state index < -0.39 is 0 Å². The minimum atomic E-state index is -0.236. The van der Waals surface area contributed by atoms with Crippen LogP contribution in [-0.4, -0.2) is 17.9 Å². The first-order valence-electron chi connectivity index (χ1n) is 10.7. The highest BCUT2D eigenvalue weighted by atomic mass is 35.5. The summed E-state index contributed by atoms with van der Waals surface area (Å²) in [5.74, 6) is -0.430. The van der Waals surface area contributed by atoms with Gasteiger partial charge in [0.25, 0.3) is 11.8 Å². The lowest BCUT2D eigenvalue weighted by Crippen LogP contribution is -2.36. The predicted octanol–water partition coefficient (Wildman–Crippen LogP) is 6.32. The topological polar surface area (TPSA) is 58.2 Å². The third-order valence-electron chi connectivity index (χ3n) is 5.66. The van der Waals surface area contributed by atoms with Crippen molar-refractivity contribution in [1.29, 1.82) is 0 Å². The van der Waals surface area contributed by atoms with Crippen LogP contribution in [-0.2, 0) is 0 Å². The summed E-state index contributed by atoms with van der Waals surface area (Å²) < 4.78 is 0. The number of rotatable bonds is 5. The maximum Gasteiger partial charge on any atom is 0.255 e. The molecule has 1 aliphatic carbocycles. The van der Waals surface area contributed by atoms with Crippen molar-refractivity contribution in [2.45, 2.75) is 38.1 Å². The minimum Gasteiger partial charge on any atom is -0.349 e. The van der Waals surface area contributed by atoms with Gasteiger partial charge in [-0.2, -0.15) is 0 Å². The molecule has 0 saturated heterocycles. The van der Waals surface area contributed by atoms with Crippen LogP contribution in [0.3, 0.4) is 0 Å². The molecule has 1 fully saturated rings. The second-order valence-corrected chi connectivity index (χ2v) is 8.31. The highest BCUT2D eigenvalue weighted by Gasteiger charge is 2.19. The van der Waals surface area contributed by atoms with E-state index in [2.05, 4.69) is 10.6 Å². The van der Waals surface area contributed by atoms with E-state index >= 15 is 0 Å². The zero-order valence-electron chi connectivity index (χ0n) is 17.2. The van der Waals surface area contributed by atoms with Crippen molar-refractivity contribution >= 4 is 29.1 Å². The molecule has 0 spiro atoms. The summed E-state index contributed by atoms with van der Waals surface area (Å²) in [5.41, 5.74) is 3.61. The Morgan fingerprint density at radius 2 is 1.45 bits per heavy atom. The summed E-state index contributed by atoms with van der Waals surface area (Å²) >= 11 is 6.26. The Labute approximate surface area is 187 Å². The Bertz CT molecular complexity index is 1060. The Kier molecular flexibility index (Phi) is 6.68. The van der Waals surface area contributed by atoms with Gasteiger partial charge in [0, 0.05) is 17.3 Å². The number of nitrogens with one attached hydrogen (secondary N) is 2. The average molecular weight is 433 g/mol. The van der Waals surface area contributed by atoms with Crippen molar-refractivity contribution in [2.24, 2.45) is 0 Å². The fourth-order valence-electron chi connectivity index (χ4n) is 3.94.